The molecule has 4 nitrogen and oxygen atoms in total. The summed E-state index contributed by atoms with van der Waals surface area (Å²) in [6.07, 6.45) is 2.83. The van der Waals surface area contributed by atoms with Gasteiger partial charge in [-0.25, -0.2) is 17.5 Å². The van der Waals surface area contributed by atoms with Crippen molar-refractivity contribution in [2.75, 3.05) is 13.2 Å². The summed E-state index contributed by atoms with van der Waals surface area (Å²) in [6, 6.07) is 2.48. The number of aryl methyl sites for hydroxylation is 2. The Labute approximate surface area is 119 Å². The first-order valence-corrected chi connectivity index (χ1v) is 8.26. The van der Waals surface area contributed by atoms with Gasteiger partial charge in [-0.1, -0.05) is 0 Å². The molecule has 1 aromatic rings. The molecule has 1 unspecified atom stereocenters. The van der Waals surface area contributed by atoms with Gasteiger partial charge in [0.15, 0.2) is 0 Å². The number of sulfonamides is 1. The molecule has 0 radical (unpaired) electrons. The Morgan fingerprint density at radius 1 is 1.35 bits per heavy atom. The van der Waals surface area contributed by atoms with Crippen LogP contribution in [0.2, 0.25) is 0 Å². The minimum Gasteiger partial charge on any atom is -0.378 e. The predicted molar refractivity (Wildman–Crippen MR) is 74.7 cm³/mol. The molecule has 1 aliphatic heterocycles. The van der Waals surface area contributed by atoms with Crippen LogP contribution in [-0.2, 0) is 14.8 Å². The number of rotatable bonds is 5. The van der Waals surface area contributed by atoms with Crippen molar-refractivity contribution in [3.63, 3.8) is 0 Å². The maximum Gasteiger partial charge on any atom is 0.241 e. The van der Waals surface area contributed by atoms with Crippen molar-refractivity contribution in [2.45, 2.75) is 44.1 Å². The molecule has 112 valence electrons. The molecule has 0 aliphatic carbocycles. The first-order chi connectivity index (χ1) is 9.40. The Kier molecular flexibility index (Phi) is 4.78. The molecule has 1 aromatic carbocycles. The van der Waals surface area contributed by atoms with Gasteiger partial charge >= 0.3 is 0 Å². The highest BCUT2D eigenvalue weighted by Crippen LogP contribution is 2.21. The van der Waals surface area contributed by atoms with E-state index in [4.69, 9.17) is 4.74 Å². The average molecular weight is 301 g/mol. The van der Waals surface area contributed by atoms with E-state index < -0.39 is 15.8 Å². The standard InChI is InChI=1S/C14H20FNO3S/c1-10-8-12(15)9-11(2)14(10)20(17,18)16-6-5-13-4-3-7-19-13/h8-9,13,16H,3-7H2,1-2H3. The predicted octanol–water partition coefficient (Wildman–Crippen LogP) is 2.29. The fraction of sp³-hybridized carbons (Fsp3) is 0.571. The van der Waals surface area contributed by atoms with E-state index in [0.717, 1.165) is 19.4 Å². The van der Waals surface area contributed by atoms with Crippen LogP contribution < -0.4 is 4.72 Å². The first-order valence-electron chi connectivity index (χ1n) is 6.78. The highest BCUT2D eigenvalue weighted by Gasteiger charge is 2.21. The second-order valence-corrected chi connectivity index (χ2v) is 6.89. The van der Waals surface area contributed by atoms with Crippen LogP contribution in [0.4, 0.5) is 4.39 Å². The summed E-state index contributed by atoms with van der Waals surface area (Å²) >= 11 is 0. The van der Waals surface area contributed by atoms with Gasteiger partial charge in [0.1, 0.15) is 5.82 Å². The van der Waals surface area contributed by atoms with Crippen LogP contribution in [0.5, 0.6) is 0 Å². The molecule has 0 amide bonds. The van der Waals surface area contributed by atoms with Crippen molar-refractivity contribution < 1.29 is 17.5 Å². The molecule has 0 saturated carbocycles. The first kappa shape index (κ1) is 15.4. The van der Waals surface area contributed by atoms with Crippen LogP contribution >= 0.6 is 0 Å². The van der Waals surface area contributed by atoms with Gasteiger partial charge in [-0.3, -0.25) is 0 Å². The zero-order chi connectivity index (χ0) is 14.8. The zero-order valence-corrected chi connectivity index (χ0v) is 12.6. The molecule has 20 heavy (non-hydrogen) atoms. The third-order valence-corrected chi connectivity index (χ3v) is 5.24. The van der Waals surface area contributed by atoms with E-state index in [1.54, 1.807) is 13.8 Å². The van der Waals surface area contributed by atoms with Crippen LogP contribution in [0, 0.1) is 19.7 Å². The Bertz CT molecular complexity index is 557. The Morgan fingerprint density at radius 2 is 2.00 bits per heavy atom. The van der Waals surface area contributed by atoms with Crippen molar-refractivity contribution in [1.82, 2.24) is 4.72 Å². The summed E-state index contributed by atoms with van der Waals surface area (Å²) in [7, 11) is -3.60. The molecule has 1 aliphatic rings. The number of benzene rings is 1. The van der Waals surface area contributed by atoms with Crippen LogP contribution in [-0.4, -0.2) is 27.7 Å². The smallest absolute Gasteiger partial charge is 0.241 e. The van der Waals surface area contributed by atoms with Crippen molar-refractivity contribution in [3.8, 4) is 0 Å². The zero-order valence-electron chi connectivity index (χ0n) is 11.8. The third-order valence-electron chi connectivity index (χ3n) is 3.48. The van der Waals surface area contributed by atoms with Gasteiger partial charge in [0.25, 0.3) is 0 Å². The fourth-order valence-electron chi connectivity index (χ4n) is 2.62. The van der Waals surface area contributed by atoms with E-state index in [-0.39, 0.29) is 11.0 Å². The summed E-state index contributed by atoms with van der Waals surface area (Å²) in [5.74, 6) is -0.418. The Balaban J connectivity index is 2.06. The molecule has 1 saturated heterocycles. The monoisotopic (exact) mass is 301 g/mol. The van der Waals surface area contributed by atoms with Crippen LogP contribution in [0.25, 0.3) is 0 Å². The van der Waals surface area contributed by atoms with Crippen LogP contribution in [0.1, 0.15) is 30.4 Å². The van der Waals surface area contributed by atoms with Gasteiger partial charge in [0.05, 0.1) is 11.0 Å². The highest BCUT2D eigenvalue weighted by atomic mass is 32.2. The van der Waals surface area contributed by atoms with Gasteiger partial charge in [-0.05, 0) is 56.4 Å². The van der Waals surface area contributed by atoms with Crippen molar-refractivity contribution in [2.24, 2.45) is 0 Å². The van der Waals surface area contributed by atoms with E-state index in [1.807, 2.05) is 0 Å². The number of halogens is 1. The topological polar surface area (TPSA) is 55.4 Å². The average Bonchev–Trinajstić information content (AvgIpc) is 2.79. The molecule has 1 heterocycles. The van der Waals surface area contributed by atoms with E-state index in [2.05, 4.69) is 4.72 Å². The molecular weight excluding hydrogens is 281 g/mol. The van der Waals surface area contributed by atoms with E-state index in [0.29, 0.717) is 24.1 Å². The van der Waals surface area contributed by atoms with E-state index in [1.165, 1.54) is 12.1 Å². The maximum atomic E-state index is 13.2. The van der Waals surface area contributed by atoms with Gasteiger partial charge in [0.2, 0.25) is 10.0 Å². The maximum absolute atomic E-state index is 13.2. The van der Waals surface area contributed by atoms with E-state index in [9.17, 15) is 12.8 Å². The molecule has 6 heteroatoms. The lowest BCUT2D eigenvalue weighted by Crippen LogP contribution is -2.28. The lowest BCUT2D eigenvalue weighted by molar-refractivity contribution is 0.105. The van der Waals surface area contributed by atoms with Crippen LogP contribution in [0.3, 0.4) is 0 Å². The number of ether oxygens (including phenoxy) is 1. The normalized spacial score (nSPS) is 19.4. The summed E-state index contributed by atoms with van der Waals surface area (Å²) < 4.78 is 45.8. The second-order valence-electron chi connectivity index (χ2n) is 5.19. The molecule has 0 spiro atoms. The minimum atomic E-state index is -3.60. The summed E-state index contributed by atoms with van der Waals surface area (Å²) in [5, 5.41) is 0. The molecule has 0 bridgehead atoms. The van der Waals surface area contributed by atoms with Gasteiger partial charge in [-0.15, -0.1) is 0 Å². The van der Waals surface area contributed by atoms with Crippen LogP contribution in [0.15, 0.2) is 17.0 Å². The molecular formula is C14H20FNO3S. The summed E-state index contributed by atoms with van der Waals surface area (Å²) in [4.78, 5) is 0.172. The van der Waals surface area contributed by atoms with Gasteiger partial charge in [-0.2, -0.15) is 0 Å². The SMILES string of the molecule is Cc1cc(F)cc(C)c1S(=O)(=O)NCCC1CCCO1. The molecule has 1 N–H and O–H groups in total. The Morgan fingerprint density at radius 3 is 2.55 bits per heavy atom. The van der Waals surface area contributed by atoms with Gasteiger partial charge < -0.3 is 4.74 Å². The van der Waals surface area contributed by atoms with Crippen molar-refractivity contribution in [1.29, 1.82) is 0 Å². The quantitative estimate of drug-likeness (QED) is 0.908. The lowest BCUT2D eigenvalue weighted by Gasteiger charge is -2.14. The fourth-order valence-corrected chi connectivity index (χ4v) is 4.12. The van der Waals surface area contributed by atoms with Crippen molar-refractivity contribution in [3.05, 3.63) is 29.1 Å². The summed E-state index contributed by atoms with van der Waals surface area (Å²) in [5.41, 5.74) is 0.847. The Hall–Kier alpha value is -0.980. The largest absolute Gasteiger partial charge is 0.378 e. The number of hydrogen-bond donors (Lipinski definition) is 1. The highest BCUT2D eigenvalue weighted by molar-refractivity contribution is 7.89. The van der Waals surface area contributed by atoms with Gasteiger partial charge in [0, 0.05) is 13.2 Å². The molecule has 1 atom stereocenters. The minimum absolute atomic E-state index is 0.146. The van der Waals surface area contributed by atoms with E-state index >= 15 is 0 Å². The number of nitrogens with one attached hydrogen (secondary N) is 1. The third kappa shape index (κ3) is 3.56. The summed E-state index contributed by atoms with van der Waals surface area (Å²) in [6.45, 7) is 4.30. The second kappa shape index (κ2) is 6.20. The lowest BCUT2D eigenvalue weighted by atomic mass is 10.1. The molecule has 1 fully saturated rings. The molecule has 0 aromatic heterocycles. The van der Waals surface area contributed by atoms with Crippen molar-refractivity contribution >= 4 is 10.0 Å². The molecule has 2 rings (SSSR count). The number of hydrogen-bond acceptors (Lipinski definition) is 3.